The minimum atomic E-state index is 0.697. The fourth-order valence-electron chi connectivity index (χ4n) is 0.360. The molecule has 3 heteroatoms. The predicted octanol–water partition coefficient (Wildman–Crippen LogP) is 0.386. The Balaban J connectivity index is 2.90. The fourth-order valence-corrected chi connectivity index (χ4v) is 0.360. The lowest BCUT2D eigenvalue weighted by Crippen LogP contribution is -2.11. The standard InChI is InChI=1S/C6H12N2O/c1-9-6-5-8-4-2-3-7/h2-4,7-8H,5-6H2,1H3/b4-2-,7-3?. The molecule has 0 spiro atoms. The Labute approximate surface area is 55.2 Å². The monoisotopic (exact) mass is 128 g/mol. The zero-order chi connectivity index (χ0) is 6.95. The van der Waals surface area contributed by atoms with Crippen LogP contribution in [0.1, 0.15) is 0 Å². The van der Waals surface area contributed by atoms with Gasteiger partial charge in [0.1, 0.15) is 0 Å². The summed E-state index contributed by atoms with van der Waals surface area (Å²) in [7, 11) is 1.65. The first-order valence-electron chi connectivity index (χ1n) is 2.79. The van der Waals surface area contributed by atoms with Crippen molar-refractivity contribution in [2.24, 2.45) is 0 Å². The number of methoxy groups -OCH3 is 1. The van der Waals surface area contributed by atoms with Crippen LogP contribution in [-0.4, -0.2) is 26.5 Å². The lowest BCUT2D eigenvalue weighted by molar-refractivity contribution is 0.203. The summed E-state index contributed by atoms with van der Waals surface area (Å²) in [5, 5.41) is 9.53. The molecule has 52 valence electrons. The quantitative estimate of drug-likeness (QED) is 0.415. The van der Waals surface area contributed by atoms with Crippen LogP contribution in [0.3, 0.4) is 0 Å². The molecule has 0 aromatic rings. The number of ether oxygens (including phenoxy) is 1. The molecule has 0 aromatic heterocycles. The van der Waals surface area contributed by atoms with E-state index in [1.54, 1.807) is 19.4 Å². The zero-order valence-electron chi connectivity index (χ0n) is 5.55. The number of rotatable bonds is 5. The zero-order valence-corrected chi connectivity index (χ0v) is 5.55. The van der Waals surface area contributed by atoms with E-state index in [0.717, 1.165) is 6.54 Å². The van der Waals surface area contributed by atoms with Crippen molar-refractivity contribution in [1.29, 1.82) is 5.41 Å². The van der Waals surface area contributed by atoms with Gasteiger partial charge in [-0.3, -0.25) is 0 Å². The van der Waals surface area contributed by atoms with Gasteiger partial charge < -0.3 is 15.5 Å². The Morgan fingerprint density at radius 3 is 3.00 bits per heavy atom. The van der Waals surface area contributed by atoms with Crippen molar-refractivity contribution in [2.75, 3.05) is 20.3 Å². The van der Waals surface area contributed by atoms with E-state index in [1.165, 1.54) is 6.21 Å². The van der Waals surface area contributed by atoms with Gasteiger partial charge in [0.25, 0.3) is 0 Å². The van der Waals surface area contributed by atoms with E-state index in [4.69, 9.17) is 10.1 Å². The molecule has 0 saturated carbocycles. The third-order valence-corrected chi connectivity index (χ3v) is 0.761. The first-order chi connectivity index (χ1) is 4.41. The molecule has 9 heavy (non-hydrogen) atoms. The van der Waals surface area contributed by atoms with Gasteiger partial charge >= 0.3 is 0 Å². The number of allylic oxidation sites excluding steroid dienone is 1. The van der Waals surface area contributed by atoms with E-state index in [2.05, 4.69) is 5.32 Å². The molecule has 0 aliphatic carbocycles. The van der Waals surface area contributed by atoms with E-state index < -0.39 is 0 Å². The van der Waals surface area contributed by atoms with Gasteiger partial charge in [0.05, 0.1) is 6.61 Å². The fraction of sp³-hybridized carbons (Fsp3) is 0.500. The van der Waals surface area contributed by atoms with Crippen LogP contribution in [0.25, 0.3) is 0 Å². The third-order valence-electron chi connectivity index (χ3n) is 0.761. The van der Waals surface area contributed by atoms with Crippen LogP contribution in [0.2, 0.25) is 0 Å². The molecule has 0 bridgehead atoms. The Morgan fingerprint density at radius 1 is 1.67 bits per heavy atom. The molecular weight excluding hydrogens is 116 g/mol. The summed E-state index contributed by atoms with van der Waals surface area (Å²) in [4.78, 5) is 0. The van der Waals surface area contributed by atoms with Crippen molar-refractivity contribution in [1.82, 2.24) is 5.32 Å². The van der Waals surface area contributed by atoms with Crippen molar-refractivity contribution in [3.05, 3.63) is 12.3 Å². The molecule has 0 aliphatic rings. The summed E-state index contributed by atoms with van der Waals surface area (Å²) >= 11 is 0. The summed E-state index contributed by atoms with van der Waals surface area (Å²) < 4.78 is 4.77. The van der Waals surface area contributed by atoms with E-state index in [0.29, 0.717) is 6.61 Å². The van der Waals surface area contributed by atoms with Gasteiger partial charge in [-0.2, -0.15) is 0 Å². The van der Waals surface area contributed by atoms with Gasteiger partial charge in [-0.1, -0.05) is 0 Å². The molecule has 0 saturated heterocycles. The summed E-state index contributed by atoms with van der Waals surface area (Å²) in [5.41, 5.74) is 0. The van der Waals surface area contributed by atoms with Gasteiger partial charge in [0.15, 0.2) is 0 Å². The van der Waals surface area contributed by atoms with Crippen LogP contribution in [0.5, 0.6) is 0 Å². The number of hydrogen-bond acceptors (Lipinski definition) is 3. The maximum absolute atomic E-state index is 6.60. The Bertz CT molecular complexity index is 91.1. The van der Waals surface area contributed by atoms with Crippen LogP contribution in [0.15, 0.2) is 12.3 Å². The Hall–Kier alpha value is -0.830. The molecule has 0 aromatic carbocycles. The van der Waals surface area contributed by atoms with Gasteiger partial charge in [-0.25, -0.2) is 0 Å². The first-order valence-corrected chi connectivity index (χ1v) is 2.79. The molecule has 0 radical (unpaired) electrons. The van der Waals surface area contributed by atoms with Gasteiger partial charge in [-0.15, -0.1) is 0 Å². The molecule has 0 fully saturated rings. The molecule has 0 unspecified atom stereocenters. The highest BCUT2D eigenvalue weighted by Crippen LogP contribution is 1.64. The molecule has 0 rings (SSSR count). The maximum atomic E-state index is 6.60. The lowest BCUT2D eigenvalue weighted by Gasteiger charge is -1.95. The van der Waals surface area contributed by atoms with Crippen molar-refractivity contribution in [2.45, 2.75) is 0 Å². The van der Waals surface area contributed by atoms with E-state index >= 15 is 0 Å². The minimum absolute atomic E-state index is 0.697. The largest absolute Gasteiger partial charge is 0.389 e. The number of nitrogens with one attached hydrogen (secondary N) is 2. The van der Waals surface area contributed by atoms with Gasteiger partial charge in [0.2, 0.25) is 0 Å². The van der Waals surface area contributed by atoms with Crippen molar-refractivity contribution in [3.8, 4) is 0 Å². The molecule has 0 amide bonds. The molecule has 3 nitrogen and oxygen atoms in total. The highest BCUT2D eigenvalue weighted by molar-refractivity contribution is 5.67. The summed E-state index contributed by atoms with van der Waals surface area (Å²) in [6.45, 7) is 1.49. The number of hydrogen-bond donors (Lipinski definition) is 2. The van der Waals surface area contributed by atoms with E-state index in [1.807, 2.05) is 0 Å². The molecular formula is C6H12N2O. The second kappa shape index (κ2) is 7.17. The first kappa shape index (κ1) is 8.17. The average Bonchev–Trinajstić information content (AvgIpc) is 1.89. The molecule has 2 N–H and O–H groups in total. The summed E-state index contributed by atoms with van der Waals surface area (Å²) in [6, 6.07) is 0. The summed E-state index contributed by atoms with van der Waals surface area (Å²) in [5.74, 6) is 0. The van der Waals surface area contributed by atoms with Gasteiger partial charge in [0, 0.05) is 19.9 Å². The van der Waals surface area contributed by atoms with Crippen LogP contribution in [0.4, 0.5) is 0 Å². The second-order valence-electron chi connectivity index (χ2n) is 1.47. The third kappa shape index (κ3) is 7.17. The SMILES string of the molecule is COCCN/C=C\C=N. The molecule has 0 heterocycles. The highest BCUT2D eigenvalue weighted by Gasteiger charge is 1.75. The van der Waals surface area contributed by atoms with Gasteiger partial charge in [-0.05, 0) is 12.3 Å². The normalized spacial score (nSPS) is 9.89. The van der Waals surface area contributed by atoms with Crippen molar-refractivity contribution < 1.29 is 4.74 Å². The molecule has 0 atom stereocenters. The van der Waals surface area contributed by atoms with Crippen LogP contribution in [0, 0.1) is 5.41 Å². The Kier molecular flexibility index (Phi) is 6.51. The van der Waals surface area contributed by atoms with E-state index in [9.17, 15) is 0 Å². The predicted molar refractivity (Wildman–Crippen MR) is 37.8 cm³/mol. The van der Waals surface area contributed by atoms with Crippen molar-refractivity contribution >= 4 is 6.21 Å². The lowest BCUT2D eigenvalue weighted by atomic mass is 10.6. The second-order valence-corrected chi connectivity index (χ2v) is 1.47. The average molecular weight is 128 g/mol. The maximum Gasteiger partial charge on any atom is 0.0635 e. The Morgan fingerprint density at radius 2 is 2.44 bits per heavy atom. The smallest absolute Gasteiger partial charge is 0.0635 e. The summed E-state index contributed by atoms with van der Waals surface area (Å²) in [6.07, 6.45) is 4.56. The van der Waals surface area contributed by atoms with Crippen LogP contribution in [-0.2, 0) is 4.74 Å². The van der Waals surface area contributed by atoms with Crippen molar-refractivity contribution in [3.63, 3.8) is 0 Å². The van der Waals surface area contributed by atoms with Crippen LogP contribution >= 0.6 is 0 Å². The van der Waals surface area contributed by atoms with Crippen LogP contribution < -0.4 is 5.32 Å². The molecule has 0 aliphatic heterocycles. The van der Waals surface area contributed by atoms with E-state index in [-0.39, 0.29) is 0 Å². The topological polar surface area (TPSA) is 45.1 Å². The minimum Gasteiger partial charge on any atom is -0.389 e. The highest BCUT2D eigenvalue weighted by atomic mass is 16.5.